The van der Waals surface area contributed by atoms with Crippen molar-refractivity contribution in [3.63, 3.8) is 0 Å². The van der Waals surface area contributed by atoms with Gasteiger partial charge < -0.3 is 19.9 Å². The number of nitrogens with one attached hydrogen (secondary N) is 2. The monoisotopic (exact) mass is 420 g/mol. The Kier molecular flexibility index (Phi) is 6.21. The number of imidazole rings is 1. The molecule has 2 N–H and O–H groups in total. The third kappa shape index (κ3) is 4.35. The average Bonchev–Trinajstić information content (AvgIpc) is 3.07. The highest BCUT2D eigenvalue weighted by Gasteiger charge is 2.35. The highest BCUT2D eigenvalue weighted by molar-refractivity contribution is 5.97. The van der Waals surface area contributed by atoms with Gasteiger partial charge in [0.25, 0.3) is 5.91 Å². The van der Waals surface area contributed by atoms with Gasteiger partial charge in [0.1, 0.15) is 11.9 Å². The molecule has 2 aromatic rings. The number of halogens is 2. The van der Waals surface area contributed by atoms with E-state index in [1.807, 2.05) is 20.8 Å². The Bertz CT molecular complexity index is 966. The van der Waals surface area contributed by atoms with Crippen molar-refractivity contribution in [1.82, 2.24) is 20.2 Å². The highest BCUT2D eigenvalue weighted by Crippen LogP contribution is 2.27. The summed E-state index contributed by atoms with van der Waals surface area (Å²) in [6, 6.07) is 2.71. The molecule has 0 aliphatic carbocycles. The van der Waals surface area contributed by atoms with E-state index in [1.54, 1.807) is 11.5 Å². The molecule has 7 nitrogen and oxygen atoms in total. The number of rotatable bonds is 5. The number of carbonyl (C=O) groups is 2. The second-order valence-corrected chi connectivity index (χ2v) is 8.23. The number of amides is 2. The zero-order chi connectivity index (χ0) is 22.1. The molecule has 1 aromatic heterocycles. The second kappa shape index (κ2) is 8.51. The Labute approximate surface area is 173 Å². The third-order valence-electron chi connectivity index (χ3n) is 4.92. The van der Waals surface area contributed by atoms with Crippen LogP contribution in [0.15, 0.2) is 18.2 Å². The van der Waals surface area contributed by atoms with Crippen LogP contribution in [0, 0.1) is 17.0 Å². The first-order valence-electron chi connectivity index (χ1n) is 9.84. The number of nitrogens with zero attached hydrogens (tertiary/aromatic N) is 2. The highest BCUT2D eigenvalue weighted by atomic mass is 19.2. The van der Waals surface area contributed by atoms with E-state index >= 15 is 0 Å². The van der Waals surface area contributed by atoms with Crippen LogP contribution < -0.4 is 10.6 Å². The van der Waals surface area contributed by atoms with E-state index in [9.17, 15) is 18.4 Å². The molecule has 1 aliphatic heterocycles. The van der Waals surface area contributed by atoms with Gasteiger partial charge in [0.05, 0.1) is 18.9 Å². The first-order valence-corrected chi connectivity index (χ1v) is 9.84. The van der Waals surface area contributed by atoms with Crippen molar-refractivity contribution in [2.75, 3.05) is 13.2 Å². The molecule has 1 atom stereocenters. The summed E-state index contributed by atoms with van der Waals surface area (Å²) < 4.78 is 34.4. The lowest BCUT2D eigenvalue weighted by atomic mass is 9.86. The summed E-state index contributed by atoms with van der Waals surface area (Å²) in [5.41, 5.74) is 0.455. The molecule has 0 unspecified atom stereocenters. The zero-order valence-electron chi connectivity index (χ0n) is 17.5. The Hall–Kier alpha value is -2.81. The molecule has 0 bridgehead atoms. The van der Waals surface area contributed by atoms with E-state index in [4.69, 9.17) is 4.74 Å². The van der Waals surface area contributed by atoms with Crippen molar-refractivity contribution in [1.29, 1.82) is 0 Å². The molecule has 30 heavy (non-hydrogen) atoms. The number of likely N-dealkylation sites (N-methyl/N-ethyl adjacent to an activating group) is 1. The zero-order valence-corrected chi connectivity index (χ0v) is 17.5. The van der Waals surface area contributed by atoms with Crippen molar-refractivity contribution in [2.45, 2.75) is 46.9 Å². The topological polar surface area (TPSA) is 85.3 Å². The summed E-state index contributed by atoms with van der Waals surface area (Å²) in [6.45, 7) is 8.78. The fourth-order valence-corrected chi connectivity index (χ4v) is 3.39. The van der Waals surface area contributed by atoms with Crippen molar-refractivity contribution in [3.8, 4) is 11.4 Å². The Morgan fingerprint density at radius 2 is 2.00 bits per heavy atom. The third-order valence-corrected chi connectivity index (χ3v) is 4.92. The molecule has 162 valence electrons. The van der Waals surface area contributed by atoms with Crippen molar-refractivity contribution < 1.29 is 23.1 Å². The van der Waals surface area contributed by atoms with E-state index in [1.165, 1.54) is 6.07 Å². The first kappa shape index (κ1) is 21.9. The molecule has 1 aromatic carbocycles. The van der Waals surface area contributed by atoms with E-state index < -0.39 is 29.0 Å². The summed E-state index contributed by atoms with van der Waals surface area (Å²) in [4.78, 5) is 30.0. The summed E-state index contributed by atoms with van der Waals surface area (Å²) >= 11 is 0. The van der Waals surface area contributed by atoms with Gasteiger partial charge >= 0.3 is 0 Å². The minimum atomic E-state index is -0.994. The van der Waals surface area contributed by atoms with E-state index in [2.05, 4.69) is 15.6 Å². The molecule has 0 saturated heterocycles. The summed E-state index contributed by atoms with van der Waals surface area (Å²) in [5.74, 6) is -2.41. The molecule has 0 saturated carbocycles. The smallest absolute Gasteiger partial charge is 0.272 e. The number of benzene rings is 1. The predicted octanol–water partition coefficient (Wildman–Crippen LogP) is 2.64. The largest absolute Gasteiger partial charge is 0.373 e. The lowest BCUT2D eigenvalue weighted by Gasteiger charge is -2.30. The van der Waals surface area contributed by atoms with Crippen molar-refractivity contribution in [3.05, 3.63) is 41.2 Å². The van der Waals surface area contributed by atoms with Crippen LogP contribution >= 0.6 is 0 Å². The standard InChI is InChI=1S/C21H26F2N4O3/c1-5-24-20(29)17(21(2,3)4)26-19(28)16-15-11-30-9-8-27(15)18(25-16)12-6-7-13(22)14(23)10-12/h6-7,10,17H,5,8-9,11H2,1-4H3,(H,24,29)(H,26,28)/t17-/m1/s1. The van der Waals surface area contributed by atoms with Crippen LogP contribution in [-0.2, 0) is 22.7 Å². The van der Waals surface area contributed by atoms with Crippen LogP contribution in [0.2, 0.25) is 0 Å². The summed E-state index contributed by atoms with van der Waals surface area (Å²) in [7, 11) is 0. The minimum absolute atomic E-state index is 0.105. The van der Waals surface area contributed by atoms with Crippen LogP contribution in [0.4, 0.5) is 8.78 Å². The number of aromatic nitrogens is 2. The maximum Gasteiger partial charge on any atom is 0.272 e. The van der Waals surface area contributed by atoms with Gasteiger partial charge in [0.15, 0.2) is 17.3 Å². The molecule has 2 amide bonds. The number of hydrogen-bond donors (Lipinski definition) is 2. The lowest BCUT2D eigenvalue weighted by molar-refractivity contribution is -0.125. The van der Waals surface area contributed by atoms with E-state index in [-0.39, 0.29) is 18.2 Å². The molecule has 9 heteroatoms. The number of carbonyl (C=O) groups excluding carboxylic acids is 2. The van der Waals surface area contributed by atoms with Crippen molar-refractivity contribution in [2.24, 2.45) is 5.41 Å². The van der Waals surface area contributed by atoms with E-state index in [0.717, 1.165) is 12.1 Å². The molecular formula is C21H26F2N4O3. The van der Waals surface area contributed by atoms with Gasteiger partial charge in [-0.3, -0.25) is 9.59 Å². The Balaban J connectivity index is 1.99. The van der Waals surface area contributed by atoms with Gasteiger partial charge in [-0.2, -0.15) is 0 Å². The number of ether oxygens (including phenoxy) is 1. The Morgan fingerprint density at radius 1 is 1.27 bits per heavy atom. The fourth-order valence-electron chi connectivity index (χ4n) is 3.39. The number of fused-ring (bicyclic) bond motifs is 1. The van der Waals surface area contributed by atoms with Crippen molar-refractivity contribution >= 4 is 11.8 Å². The van der Waals surface area contributed by atoms with Crippen LogP contribution in [0.5, 0.6) is 0 Å². The maximum absolute atomic E-state index is 13.8. The minimum Gasteiger partial charge on any atom is -0.373 e. The molecular weight excluding hydrogens is 394 g/mol. The number of hydrogen-bond acceptors (Lipinski definition) is 4. The summed E-state index contributed by atoms with van der Waals surface area (Å²) in [6.07, 6.45) is 0. The maximum atomic E-state index is 13.8. The van der Waals surface area contributed by atoms with Crippen LogP contribution in [0.1, 0.15) is 43.9 Å². The SMILES string of the molecule is CCNC(=O)[C@@H](NC(=O)c1nc(-c2ccc(F)c(F)c2)n2c1COCC2)C(C)(C)C. The molecule has 0 radical (unpaired) electrons. The van der Waals surface area contributed by atoms with Gasteiger partial charge in [0.2, 0.25) is 5.91 Å². The predicted molar refractivity (Wildman–Crippen MR) is 107 cm³/mol. The van der Waals surface area contributed by atoms with Gasteiger partial charge in [0, 0.05) is 18.7 Å². The quantitative estimate of drug-likeness (QED) is 0.779. The van der Waals surface area contributed by atoms with Crippen LogP contribution in [0.25, 0.3) is 11.4 Å². The van der Waals surface area contributed by atoms with Gasteiger partial charge in [-0.1, -0.05) is 20.8 Å². The van der Waals surface area contributed by atoms with Gasteiger partial charge in [-0.25, -0.2) is 13.8 Å². The summed E-state index contributed by atoms with van der Waals surface area (Å²) in [5, 5.41) is 5.51. The second-order valence-electron chi connectivity index (χ2n) is 8.23. The lowest BCUT2D eigenvalue weighted by Crippen LogP contribution is -2.53. The first-order chi connectivity index (χ1) is 14.1. The van der Waals surface area contributed by atoms with Gasteiger partial charge in [-0.15, -0.1) is 0 Å². The van der Waals surface area contributed by atoms with E-state index in [0.29, 0.717) is 36.8 Å². The normalized spacial score (nSPS) is 14.7. The van der Waals surface area contributed by atoms with Crippen LogP contribution in [-0.4, -0.2) is 40.6 Å². The fraction of sp³-hybridized carbons (Fsp3) is 0.476. The molecule has 1 aliphatic rings. The van der Waals surface area contributed by atoms with Crippen LogP contribution in [0.3, 0.4) is 0 Å². The average molecular weight is 420 g/mol. The molecule has 0 spiro atoms. The Morgan fingerprint density at radius 3 is 2.63 bits per heavy atom. The molecule has 0 fully saturated rings. The molecule has 2 heterocycles. The molecule has 3 rings (SSSR count). The van der Waals surface area contributed by atoms with Gasteiger partial charge in [-0.05, 0) is 30.5 Å².